The van der Waals surface area contributed by atoms with E-state index >= 15 is 0 Å². The summed E-state index contributed by atoms with van der Waals surface area (Å²) in [6.07, 6.45) is 2.95. The highest BCUT2D eigenvalue weighted by atomic mass is 15.1. The Morgan fingerprint density at radius 1 is 1.20 bits per heavy atom. The van der Waals surface area contributed by atoms with Crippen molar-refractivity contribution >= 4 is 11.6 Å². The molecular weight excluding hydrogens is 248 g/mol. The van der Waals surface area contributed by atoms with E-state index in [0.29, 0.717) is 12.0 Å². The van der Waals surface area contributed by atoms with Gasteiger partial charge in [0.15, 0.2) is 0 Å². The predicted molar refractivity (Wildman–Crippen MR) is 81.2 cm³/mol. The van der Waals surface area contributed by atoms with Crippen molar-refractivity contribution < 1.29 is 0 Å². The van der Waals surface area contributed by atoms with Crippen LogP contribution < -0.4 is 10.6 Å². The highest BCUT2D eigenvalue weighted by Gasteiger charge is 2.16. The van der Waals surface area contributed by atoms with E-state index in [1.54, 1.807) is 0 Å². The van der Waals surface area contributed by atoms with Crippen LogP contribution in [0.1, 0.15) is 29.3 Å². The molecule has 0 aliphatic carbocycles. The largest absolute Gasteiger partial charge is 0.324 e. The van der Waals surface area contributed by atoms with Crippen molar-refractivity contribution in [3.8, 4) is 0 Å². The smallest absolute Gasteiger partial charge is 0.227 e. The molecular formula is C16H20N4. The summed E-state index contributed by atoms with van der Waals surface area (Å²) < 4.78 is 0. The number of nitrogens with zero attached hydrogens (tertiary/aromatic N) is 2. The average molecular weight is 268 g/mol. The van der Waals surface area contributed by atoms with E-state index in [2.05, 4.69) is 59.6 Å². The molecule has 3 rings (SSSR count). The van der Waals surface area contributed by atoms with Gasteiger partial charge in [0.1, 0.15) is 0 Å². The second kappa shape index (κ2) is 5.21. The number of nitrogens with one attached hydrogen (secondary N) is 2. The van der Waals surface area contributed by atoms with Crippen LogP contribution in [0.5, 0.6) is 0 Å². The average Bonchev–Trinajstić information content (AvgIpc) is 2.38. The maximum Gasteiger partial charge on any atom is 0.227 e. The number of fused-ring (bicyclic) bond motifs is 1. The van der Waals surface area contributed by atoms with Crippen LogP contribution in [0.2, 0.25) is 0 Å². The molecule has 0 radical (unpaired) electrons. The molecule has 0 bridgehead atoms. The first-order valence-corrected chi connectivity index (χ1v) is 7.03. The quantitative estimate of drug-likeness (QED) is 0.879. The first kappa shape index (κ1) is 13.1. The molecule has 0 saturated carbocycles. The van der Waals surface area contributed by atoms with Crippen LogP contribution >= 0.6 is 0 Å². The lowest BCUT2D eigenvalue weighted by atomic mass is 10.0. The molecule has 1 aliphatic heterocycles. The number of hydrogen-bond acceptors (Lipinski definition) is 4. The fourth-order valence-corrected chi connectivity index (χ4v) is 2.67. The van der Waals surface area contributed by atoms with Gasteiger partial charge in [-0.3, -0.25) is 0 Å². The van der Waals surface area contributed by atoms with E-state index in [-0.39, 0.29) is 0 Å². The minimum Gasteiger partial charge on any atom is -0.324 e. The van der Waals surface area contributed by atoms with E-state index in [9.17, 15) is 0 Å². The molecule has 1 aromatic carbocycles. The number of rotatable bonds is 2. The lowest BCUT2D eigenvalue weighted by Gasteiger charge is -2.22. The minimum atomic E-state index is 0.504. The van der Waals surface area contributed by atoms with Gasteiger partial charge in [-0.25, -0.2) is 9.97 Å². The minimum absolute atomic E-state index is 0.504. The van der Waals surface area contributed by atoms with Crippen LogP contribution in [0.25, 0.3) is 0 Å². The van der Waals surface area contributed by atoms with Crippen LogP contribution in [0.15, 0.2) is 24.4 Å². The summed E-state index contributed by atoms with van der Waals surface area (Å²) in [7, 11) is 0. The first-order valence-electron chi connectivity index (χ1n) is 7.03. The first-order chi connectivity index (χ1) is 9.60. The molecule has 2 N–H and O–H groups in total. The van der Waals surface area contributed by atoms with Crippen molar-refractivity contribution in [3.05, 3.63) is 46.8 Å². The number of hydrogen-bond donors (Lipinski definition) is 2. The molecule has 104 valence electrons. The summed E-state index contributed by atoms with van der Waals surface area (Å²) >= 11 is 0. The van der Waals surface area contributed by atoms with Crippen LogP contribution in [0.3, 0.4) is 0 Å². The second-order valence-corrected chi connectivity index (χ2v) is 5.65. The van der Waals surface area contributed by atoms with Gasteiger partial charge in [-0.2, -0.15) is 0 Å². The third-order valence-electron chi connectivity index (χ3n) is 3.58. The van der Waals surface area contributed by atoms with E-state index in [1.165, 1.54) is 16.7 Å². The van der Waals surface area contributed by atoms with Gasteiger partial charge in [-0.15, -0.1) is 0 Å². The molecule has 4 nitrogen and oxygen atoms in total. The van der Waals surface area contributed by atoms with Crippen molar-refractivity contribution in [2.45, 2.75) is 39.8 Å². The normalized spacial score (nSPS) is 17.6. The molecule has 20 heavy (non-hydrogen) atoms. The fourth-order valence-electron chi connectivity index (χ4n) is 2.67. The number of aryl methyl sites for hydroxylation is 2. The van der Waals surface area contributed by atoms with E-state index < -0.39 is 0 Å². The Kier molecular flexibility index (Phi) is 3.40. The van der Waals surface area contributed by atoms with Crippen LogP contribution in [-0.4, -0.2) is 16.0 Å². The van der Waals surface area contributed by atoms with Crippen molar-refractivity contribution in [1.29, 1.82) is 0 Å². The van der Waals surface area contributed by atoms with Gasteiger partial charge >= 0.3 is 0 Å². The summed E-state index contributed by atoms with van der Waals surface area (Å²) in [5.74, 6) is 0.671. The van der Waals surface area contributed by atoms with Gasteiger partial charge < -0.3 is 10.6 Å². The maximum absolute atomic E-state index is 4.62. The van der Waals surface area contributed by atoms with Gasteiger partial charge in [0, 0.05) is 24.5 Å². The lowest BCUT2D eigenvalue weighted by molar-refractivity contribution is 0.503. The summed E-state index contributed by atoms with van der Waals surface area (Å²) in [5, 5.41) is 6.73. The topological polar surface area (TPSA) is 49.8 Å². The Morgan fingerprint density at radius 3 is 2.70 bits per heavy atom. The molecule has 2 aromatic rings. The molecule has 0 fully saturated rings. The third-order valence-corrected chi connectivity index (χ3v) is 3.58. The molecule has 1 atom stereocenters. The Hall–Kier alpha value is -1.94. The lowest BCUT2D eigenvalue weighted by Crippen LogP contribution is -2.33. The number of anilines is 2. The molecule has 4 heteroatoms. The van der Waals surface area contributed by atoms with Crippen molar-refractivity contribution in [2.75, 3.05) is 5.32 Å². The SMILES string of the molecule is Cc1cc(C)cc(Nc2ncc3c(n2)CNC(C)C3)c1. The third kappa shape index (κ3) is 2.80. The van der Waals surface area contributed by atoms with Gasteiger partial charge in [0.2, 0.25) is 5.95 Å². The molecule has 0 amide bonds. The van der Waals surface area contributed by atoms with Gasteiger partial charge in [0.05, 0.1) is 5.69 Å². The zero-order chi connectivity index (χ0) is 14.1. The van der Waals surface area contributed by atoms with E-state index in [0.717, 1.165) is 24.3 Å². The summed E-state index contributed by atoms with van der Waals surface area (Å²) in [6, 6.07) is 6.88. The molecule has 1 aromatic heterocycles. The Balaban J connectivity index is 1.84. The molecule has 2 heterocycles. The fraction of sp³-hybridized carbons (Fsp3) is 0.375. The second-order valence-electron chi connectivity index (χ2n) is 5.65. The van der Waals surface area contributed by atoms with Crippen molar-refractivity contribution in [3.63, 3.8) is 0 Å². The number of aromatic nitrogens is 2. The monoisotopic (exact) mass is 268 g/mol. The molecule has 0 saturated heterocycles. The summed E-state index contributed by atoms with van der Waals surface area (Å²) in [5.41, 5.74) is 5.87. The van der Waals surface area contributed by atoms with Gasteiger partial charge in [-0.05, 0) is 56.0 Å². The van der Waals surface area contributed by atoms with Crippen LogP contribution in [-0.2, 0) is 13.0 Å². The number of benzene rings is 1. The zero-order valence-electron chi connectivity index (χ0n) is 12.2. The summed E-state index contributed by atoms with van der Waals surface area (Å²) in [4.78, 5) is 9.05. The Morgan fingerprint density at radius 2 is 1.95 bits per heavy atom. The van der Waals surface area contributed by atoms with Crippen LogP contribution in [0.4, 0.5) is 11.6 Å². The molecule has 0 spiro atoms. The zero-order valence-corrected chi connectivity index (χ0v) is 12.2. The molecule has 1 aliphatic rings. The Bertz CT molecular complexity index is 616. The standard InChI is InChI=1S/C16H20N4/c1-10-4-11(2)6-14(5-10)19-16-18-8-13-7-12(3)17-9-15(13)20-16/h4-6,8,12,17H,7,9H2,1-3H3,(H,18,19,20). The molecule has 1 unspecified atom stereocenters. The highest BCUT2D eigenvalue weighted by Crippen LogP contribution is 2.20. The van der Waals surface area contributed by atoms with Crippen molar-refractivity contribution in [2.24, 2.45) is 0 Å². The van der Waals surface area contributed by atoms with Gasteiger partial charge in [0.25, 0.3) is 0 Å². The Labute approximate surface area is 119 Å². The highest BCUT2D eigenvalue weighted by molar-refractivity contribution is 5.56. The van der Waals surface area contributed by atoms with Gasteiger partial charge in [-0.1, -0.05) is 6.07 Å². The summed E-state index contributed by atoms with van der Waals surface area (Å²) in [6.45, 7) is 7.19. The predicted octanol–water partition coefficient (Wildman–Crippen LogP) is 2.87. The van der Waals surface area contributed by atoms with E-state index in [4.69, 9.17) is 0 Å². The van der Waals surface area contributed by atoms with Crippen LogP contribution in [0, 0.1) is 13.8 Å². The maximum atomic E-state index is 4.62. The van der Waals surface area contributed by atoms with Crippen molar-refractivity contribution in [1.82, 2.24) is 15.3 Å². The van der Waals surface area contributed by atoms with E-state index in [1.807, 2.05) is 6.20 Å².